The Balaban J connectivity index is 1.72. The summed E-state index contributed by atoms with van der Waals surface area (Å²) in [6, 6.07) is 4.78. The van der Waals surface area contributed by atoms with Gasteiger partial charge in [-0.15, -0.1) is 0 Å². The predicted molar refractivity (Wildman–Crippen MR) is 85.3 cm³/mol. The second kappa shape index (κ2) is 5.25. The second-order valence-corrected chi connectivity index (χ2v) is 7.38. The minimum absolute atomic E-state index is 0.154. The fourth-order valence-electron chi connectivity index (χ4n) is 4.84. The summed E-state index contributed by atoms with van der Waals surface area (Å²) in [6.45, 7) is 7.69. The van der Waals surface area contributed by atoms with Crippen LogP contribution in [0.25, 0.3) is 0 Å². The molecule has 4 nitrogen and oxygen atoms in total. The van der Waals surface area contributed by atoms with Crippen molar-refractivity contribution in [3.63, 3.8) is 0 Å². The fourth-order valence-corrected chi connectivity index (χ4v) is 4.84. The fraction of sp³-hybridized carbons (Fsp3) is 0.706. The average Bonchev–Trinajstić information content (AvgIpc) is 2.66. The molecule has 116 valence electrons. The molecule has 1 spiro atoms. The predicted octanol–water partition coefficient (Wildman–Crippen LogP) is 2.28. The van der Waals surface area contributed by atoms with Gasteiger partial charge in [-0.05, 0) is 44.9 Å². The van der Waals surface area contributed by atoms with Crippen molar-refractivity contribution in [2.45, 2.75) is 51.8 Å². The minimum atomic E-state index is -0.256. The van der Waals surface area contributed by atoms with Crippen molar-refractivity contribution in [2.75, 3.05) is 18.9 Å². The number of nitrogens with one attached hydrogen (secondary N) is 1. The largest absolute Gasteiger partial charge is 0.391 e. The van der Waals surface area contributed by atoms with Gasteiger partial charge in [0.2, 0.25) is 0 Å². The summed E-state index contributed by atoms with van der Waals surface area (Å²) in [4.78, 5) is 6.67. The summed E-state index contributed by atoms with van der Waals surface area (Å²) < 4.78 is 0. The topological polar surface area (TPSA) is 48.4 Å². The zero-order chi connectivity index (χ0) is 15.2. The Morgan fingerprint density at radius 3 is 2.81 bits per heavy atom. The third kappa shape index (κ3) is 2.55. The van der Waals surface area contributed by atoms with Gasteiger partial charge in [0, 0.05) is 35.6 Å². The maximum absolute atomic E-state index is 10.5. The number of likely N-dealkylation sites (tertiary alicyclic amines) is 1. The Hall–Kier alpha value is -1.13. The first-order valence-electron chi connectivity index (χ1n) is 7.99. The van der Waals surface area contributed by atoms with Gasteiger partial charge in [0.15, 0.2) is 0 Å². The SMILES string of the molecule is Cc1cc(N[C@@H]2CC3(C[C@H]2O)CN(C)C3C(C)C)ccn1. The summed E-state index contributed by atoms with van der Waals surface area (Å²) in [5.74, 6) is 0.637. The van der Waals surface area contributed by atoms with E-state index in [4.69, 9.17) is 0 Å². The molecule has 1 aliphatic carbocycles. The number of aliphatic hydroxyl groups is 1. The summed E-state index contributed by atoms with van der Waals surface area (Å²) in [6.07, 6.45) is 3.54. The number of aryl methyl sites for hydroxylation is 1. The first kappa shape index (κ1) is 14.8. The van der Waals surface area contributed by atoms with Gasteiger partial charge in [0.05, 0.1) is 12.1 Å². The van der Waals surface area contributed by atoms with Gasteiger partial charge in [0.1, 0.15) is 0 Å². The van der Waals surface area contributed by atoms with Crippen LogP contribution in [0.3, 0.4) is 0 Å². The van der Waals surface area contributed by atoms with Crippen LogP contribution in [0, 0.1) is 18.3 Å². The van der Waals surface area contributed by atoms with Gasteiger partial charge in [-0.25, -0.2) is 0 Å². The summed E-state index contributed by atoms with van der Waals surface area (Å²) in [5.41, 5.74) is 2.37. The lowest BCUT2D eigenvalue weighted by atomic mass is 9.66. The highest BCUT2D eigenvalue weighted by atomic mass is 16.3. The third-order valence-electron chi connectivity index (χ3n) is 5.25. The minimum Gasteiger partial charge on any atom is -0.391 e. The smallest absolute Gasteiger partial charge is 0.0747 e. The number of hydrogen-bond donors (Lipinski definition) is 2. The lowest BCUT2D eigenvalue weighted by molar-refractivity contribution is -0.0825. The molecule has 2 unspecified atom stereocenters. The molecule has 1 aromatic heterocycles. The number of aliphatic hydroxyl groups excluding tert-OH is 1. The molecule has 21 heavy (non-hydrogen) atoms. The lowest BCUT2D eigenvalue weighted by Crippen LogP contribution is -2.64. The van der Waals surface area contributed by atoms with E-state index in [0.717, 1.165) is 30.8 Å². The molecule has 2 N–H and O–H groups in total. The Labute approximate surface area is 127 Å². The number of rotatable bonds is 3. The van der Waals surface area contributed by atoms with E-state index >= 15 is 0 Å². The third-order valence-corrected chi connectivity index (χ3v) is 5.25. The Kier molecular flexibility index (Phi) is 3.70. The van der Waals surface area contributed by atoms with Crippen molar-refractivity contribution in [3.8, 4) is 0 Å². The first-order chi connectivity index (χ1) is 9.91. The standard InChI is InChI=1S/C17H27N3O/c1-11(2)16-17(10-20(16)4)8-14(15(21)9-17)19-13-5-6-18-12(3)7-13/h5-7,11,14-16,21H,8-10H2,1-4H3,(H,18,19)/t14-,15-,16?,17?/m1/s1. The molecule has 1 saturated heterocycles. The van der Waals surface area contributed by atoms with Crippen molar-refractivity contribution in [1.82, 2.24) is 9.88 Å². The van der Waals surface area contributed by atoms with Crippen molar-refractivity contribution < 1.29 is 5.11 Å². The molecule has 1 saturated carbocycles. The van der Waals surface area contributed by atoms with Crippen LogP contribution < -0.4 is 5.32 Å². The molecule has 2 fully saturated rings. The second-order valence-electron chi connectivity index (χ2n) is 7.38. The van der Waals surface area contributed by atoms with Crippen LogP contribution in [0.1, 0.15) is 32.4 Å². The molecule has 0 aromatic carbocycles. The molecule has 3 rings (SSSR count). The normalized spacial score (nSPS) is 36.2. The maximum atomic E-state index is 10.5. The number of anilines is 1. The van der Waals surface area contributed by atoms with Gasteiger partial charge >= 0.3 is 0 Å². The molecule has 2 heterocycles. The van der Waals surface area contributed by atoms with Crippen molar-refractivity contribution >= 4 is 5.69 Å². The highest BCUT2D eigenvalue weighted by Gasteiger charge is 2.58. The van der Waals surface area contributed by atoms with E-state index in [2.05, 4.69) is 36.1 Å². The van der Waals surface area contributed by atoms with Crippen LogP contribution >= 0.6 is 0 Å². The van der Waals surface area contributed by atoms with E-state index in [1.807, 2.05) is 25.3 Å². The lowest BCUT2D eigenvalue weighted by Gasteiger charge is -2.57. The van der Waals surface area contributed by atoms with E-state index in [-0.39, 0.29) is 12.1 Å². The molecular weight excluding hydrogens is 262 g/mol. The Morgan fingerprint density at radius 2 is 2.19 bits per heavy atom. The maximum Gasteiger partial charge on any atom is 0.0747 e. The summed E-state index contributed by atoms with van der Waals surface area (Å²) in [5, 5.41) is 14.0. The van der Waals surface area contributed by atoms with Gasteiger partial charge in [-0.1, -0.05) is 13.8 Å². The van der Waals surface area contributed by atoms with Crippen molar-refractivity contribution in [2.24, 2.45) is 11.3 Å². The number of pyridine rings is 1. The van der Waals surface area contributed by atoms with Gasteiger partial charge in [-0.2, -0.15) is 0 Å². The highest BCUT2D eigenvalue weighted by Crippen LogP contribution is 2.52. The molecule has 1 aromatic rings. The average molecular weight is 289 g/mol. The van der Waals surface area contributed by atoms with E-state index < -0.39 is 0 Å². The van der Waals surface area contributed by atoms with Crippen LogP contribution in [0.4, 0.5) is 5.69 Å². The highest BCUT2D eigenvalue weighted by molar-refractivity contribution is 5.44. The van der Waals surface area contributed by atoms with Crippen LogP contribution in [-0.2, 0) is 0 Å². The van der Waals surface area contributed by atoms with Crippen molar-refractivity contribution in [3.05, 3.63) is 24.0 Å². The van der Waals surface area contributed by atoms with E-state index in [1.165, 1.54) is 0 Å². The quantitative estimate of drug-likeness (QED) is 0.896. The van der Waals surface area contributed by atoms with Crippen LogP contribution in [-0.4, -0.2) is 46.8 Å². The molecule has 1 aliphatic heterocycles. The van der Waals surface area contributed by atoms with Gasteiger partial charge < -0.3 is 15.3 Å². The molecular formula is C17H27N3O. The first-order valence-corrected chi connectivity index (χ1v) is 7.99. The monoisotopic (exact) mass is 289 g/mol. The van der Waals surface area contributed by atoms with E-state index in [0.29, 0.717) is 17.4 Å². The Bertz CT molecular complexity index is 514. The molecule has 4 atom stereocenters. The Morgan fingerprint density at radius 1 is 1.43 bits per heavy atom. The molecule has 4 heteroatoms. The number of hydrogen-bond acceptors (Lipinski definition) is 4. The van der Waals surface area contributed by atoms with Gasteiger partial charge in [0.25, 0.3) is 0 Å². The zero-order valence-corrected chi connectivity index (χ0v) is 13.5. The van der Waals surface area contributed by atoms with Crippen LogP contribution in [0.15, 0.2) is 18.3 Å². The molecule has 0 amide bonds. The van der Waals surface area contributed by atoms with Crippen LogP contribution in [0.2, 0.25) is 0 Å². The zero-order valence-electron chi connectivity index (χ0n) is 13.5. The molecule has 2 aliphatic rings. The van der Waals surface area contributed by atoms with Crippen LogP contribution in [0.5, 0.6) is 0 Å². The summed E-state index contributed by atoms with van der Waals surface area (Å²) >= 11 is 0. The molecule has 0 bridgehead atoms. The van der Waals surface area contributed by atoms with Gasteiger partial charge in [-0.3, -0.25) is 4.98 Å². The number of nitrogens with zero attached hydrogens (tertiary/aromatic N) is 2. The van der Waals surface area contributed by atoms with E-state index in [9.17, 15) is 5.11 Å². The number of aromatic nitrogens is 1. The summed E-state index contributed by atoms with van der Waals surface area (Å²) in [7, 11) is 2.20. The molecule has 0 radical (unpaired) electrons. The van der Waals surface area contributed by atoms with E-state index in [1.54, 1.807) is 0 Å². The van der Waals surface area contributed by atoms with Crippen molar-refractivity contribution in [1.29, 1.82) is 0 Å².